The Hall–Kier alpha value is -2.70. The van der Waals surface area contributed by atoms with Crippen LogP contribution < -0.4 is 5.32 Å². The summed E-state index contributed by atoms with van der Waals surface area (Å²) in [5, 5.41) is 4.23. The molecular formula is C24H24ClN3O2S. The highest BCUT2D eigenvalue weighted by atomic mass is 35.5. The van der Waals surface area contributed by atoms with Gasteiger partial charge in [0, 0.05) is 29.4 Å². The van der Waals surface area contributed by atoms with Crippen molar-refractivity contribution < 1.29 is 9.59 Å². The first kappa shape index (κ1) is 21.5. The Kier molecular flexibility index (Phi) is 6.39. The third kappa shape index (κ3) is 4.65. The molecule has 0 bridgehead atoms. The highest BCUT2D eigenvalue weighted by Crippen LogP contribution is 2.31. The number of anilines is 1. The molecule has 5 nitrogen and oxygen atoms in total. The van der Waals surface area contributed by atoms with E-state index in [0.29, 0.717) is 26.2 Å². The van der Waals surface area contributed by atoms with Gasteiger partial charge in [0.2, 0.25) is 0 Å². The lowest BCUT2D eigenvalue weighted by molar-refractivity contribution is 0.0635. The van der Waals surface area contributed by atoms with Crippen LogP contribution in [0.5, 0.6) is 0 Å². The quantitative estimate of drug-likeness (QED) is 0.523. The Morgan fingerprint density at radius 1 is 1.19 bits per heavy atom. The van der Waals surface area contributed by atoms with Crippen molar-refractivity contribution in [1.29, 1.82) is 0 Å². The summed E-state index contributed by atoms with van der Waals surface area (Å²) in [7, 11) is 0. The van der Waals surface area contributed by atoms with Crippen molar-refractivity contribution in [3.63, 3.8) is 0 Å². The van der Waals surface area contributed by atoms with Gasteiger partial charge in [0.15, 0.2) is 0 Å². The normalized spacial score (nSPS) is 16.2. The van der Waals surface area contributed by atoms with Crippen LogP contribution in [0.4, 0.5) is 5.69 Å². The number of rotatable bonds is 4. The standard InChI is InChI=1S/C24H24ClN3O2S/c1-15-13-17(24(30)28-12-6-5-7-16(28)2)10-11-20(15)27-22(29)21-14-26-23(31-21)18-8-3-4-9-19(18)25/h3-4,8-11,13-14,16H,5-7,12H2,1-2H3,(H,27,29). The molecule has 2 amide bonds. The van der Waals surface area contributed by atoms with Gasteiger partial charge < -0.3 is 10.2 Å². The van der Waals surface area contributed by atoms with Gasteiger partial charge in [-0.15, -0.1) is 11.3 Å². The molecule has 1 aliphatic rings. The van der Waals surface area contributed by atoms with Crippen LogP contribution in [0.3, 0.4) is 0 Å². The van der Waals surface area contributed by atoms with Crippen LogP contribution in [0, 0.1) is 6.92 Å². The van der Waals surface area contributed by atoms with Gasteiger partial charge in [-0.3, -0.25) is 9.59 Å². The van der Waals surface area contributed by atoms with Crippen LogP contribution in [0.25, 0.3) is 10.6 Å². The molecule has 0 radical (unpaired) electrons. The monoisotopic (exact) mass is 453 g/mol. The fraction of sp³-hybridized carbons (Fsp3) is 0.292. The van der Waals surface area contributed by atoms with Gasteiger partial charge in [0.1, 0.15) is 9.88 Å². The Morgan fingerprint density at radius 2 is 2.00 bits per heavy atom. The highest BCUT2D eigenvalue weighted by molar-refractivity contribution is 7.17. The Bertz CT molecular complexity index is 1130. The number of thiazole rings is 1. The van der Waals surface area contributed by atoms with Gasteiger partial charge in [-0.2, -0.15) is 0 Å². The number of hydrogen-bond donors (Lipinski definition) is 1. The Morgan fingerprint density at radius 3 is 2.74 bits per heavy atom. The summed E-state index contributed by atoms with van der Waals surface area (Å²) in [6.45, 7) is 4.80. The second-order valence-electron chi connectivity index (χ2n) is 7.84. The second-order valence-corrected chi connectivity index (χ2v) is 9.27. The maximum absolute atomic E-state index is 12.9. The van der Waals surface area contributed by atoms with Crippen LogP contribution in [0.1, 0.15) is 51.8 Å². The molecular weight excluding hydrogens is 430 g/mol. The van der Waals surface area contributed by atoms with E-state index in [-0.39, 0.29) is 17.9 Å². The van der Waals surface area contributed by atoms with Gasteiger partial charge in [-0.05, 0) is 62.9 Å². The lowest BCUT2D eigenvalue weighted by Crippen LogP contribution is -2.42. The van der Waals surface area contributed by atoms with E-state index in [2.05, 4.69) is 17.2 Å². The summed E-state index contributed by atoms with van der Waals surface area (Å²) in [5.41, 5.74) is 2.99. The number of nitrogens with zero attached hydrogens (tertiary/aromatic N) is 2. The van der Waals surface area contributed by atoms with E-state index in [0.717, 1.165) is 30.5 Å². The van der Waals surface area contributed by atoms with E-state index in [4.69, 9.17) is 11.6 Å². The maximum atomic E-state index is 12.9. The summed E-state index contributed by atoms with van der Waals surface area (Å²) < 4.78 is 0. The minimum absolute atomic E-state index is 0.0556. The van der Waals surface area contributed by atoms with Crippen LogP contribution >= 0.6 is 22.9 Å². The van der Waals surface area contributed by atoms with E-state index >= 15 is 0 Å². The molecule has 0 spiro atoms. The molecule has 1 N–H and O–H groups in total. The zero-order chi connectivity index (χ0) is 22.0. The highest BCUT2D eigenvalue weighted by Gasteiger charge is 2.24. The van der Waals surface area contributed by atoms with Crippen molar-refractivity contribution >= 4 is 40.4 Å². The average molecular weight is 454 g/mol. The lowest BCUT2D eigenvalue weighted by Gasteiger charge is -2.33. The predicted octanol–water partition coefficient (Wildman–Crippen LogP) is 6.04. The van der Waals surface area contributed by atoms with Crippen LogP contribution in [0.15, 0.2) is 48.7 Å². The molecule has 1 unspecified atom stereocenters. The number of likely N-dealkylation sites (tertiary alicyclic amines) is 1. The van der Waals surface area contributed by atoms with E-state index in [1.54, 1.807) is 24.4 Å². The van der Waals surface area contributed by atoms with Gasteiger partial charge >= 0.3 is 0 Å². The summed E-state index contributed by atoms with van der Waals surface area (Å²) in [6, 6.07) is 13.1. The summed E-state index contributed by atoms with van der Waals surface area (Å²) >= 11 is 7.53. The van der Waals surface area contributed by atoms with Crippen molar-refractivity contribution in [2.75, 3.05) is 11.9 Å². The first-order valence-corrected chi connectivity index (χ1v) is 11.6. The Balaban J connectivity index is 1.48. The van der Waals surface area contributed by atoms with Gasteiger partial charge in [-0.1, -0.05) is 29.8 Å². The summed E-state index contributed by atoms with van der Waals surface area (Å²) in [4.78, 5) is 32.5. The molecule has 160 valence electrons. The number of nitrogens with one attached hydrogen (secondary N) is 1. The molecule has 3 aromatic rings. The van der Waals surface area contributed by atoms with E-state index in [1.807, 2.05) is 36.1 Å². The van der Waals surface area contributed by atoms with Crippen molar-refractivity contribution in [3.05, 3.63) is 69.7 Å². The van der Waals surface area contributed by atoms with Crippen molar-refractivity contribution in [2.24, 2.45) is 0 Å². The molecule has 1 aliphatic heterocycles. The zero-order valence-corrected chi connectivity index (χ0v) is 19.1. The minimum atomic E-state index is -0.234. The van der Waals surface area contributed by atoms with Crippen LogP contribution in [-0.2, 0) is 0 Å². The molecule has 1 aromatic heterocycles. The molecule has 31 heavy (non-hydrogen) atoms. The van der Waals surface area contributed by atoms with Gasteiger partial charge in [-0.25, -0.2) is 4.98 Å². The first-order chi connectivity index (χ1) is 14.9. The van der Waals surface area contributed by atoms with Crippen molar-refractivity contribution in [2.45, 2.75) is 39.2 Å². The topological polar surface area (TPSA) is 62.3 Å². The molecule has 2 heterocycles. The van der Waals surface area contributed by atoms with E-state index in [1.165, 1.54) is 17.8 Å². The summed E-state index contributed by atoms with van der Waals surface area (Å²) in [6.07, 6.45) is 4.83. The summed E-state index contributed by atoms with van der Waals surface area (Å²) in [5.74, 6) is -0.178. The SMILES string of the molecule is Cc1cc(C(=O)N2CCCCC2C)ccc1NC(=O)c1cnc(-c2ccccc2Cl)s1. The molecule has 1 fully saturated rings. The van der Waals surface area contributed by atoms with Crippen molar-refractivity contribution in [3.8, 4) is 10.6 Å². The van der Waals surface area contributed by atoms with Crippen LogP contribution in [-0.4, -0.2) is 34.3 Å². The lowest BCUT2D eigenvalue weighted by atomic mass is 10.0. The van der Waals surface area contributed by atoms with Gasteiger partial charge in [0.25, 0.3) is 11.8 Å². The molecule has 0 aliphatic carbocycles. The fourth-order valence-corrected chi connectivity index (χ4v) is 4.96. The minimum Gasteiger partial charge on any atom is -0.336 e. The molecule has 1 atom stereocenters. The van der Waals surface area contributed by atoms with E-state index in [9.17, 15) is 9.59 Å². The number of halogens is 1. The number of carbonyl (C=O) groups is 2. The number of piperidine rings is 1. The number of carbonyl (C=O) groups excluding carboxylic acids is 2. The molecule has 4 rings (SSSR count). The van der Waals surface area contributed by atoms with Crippen LogP contribution in [0.2, 0.25) is 5.02 Å². The predicted molar refractivity (Wildman–Crippen MR) is 126 cm³/mol. The Labute approximate surface area is 191 Å². The molecule has 0 saturated carbocycles. The molecule has 1 saturated heterocycles. The number of amides is 2. The number of hydrogen-bond acceptors (Lipinski definition) is 4. The number of aromatic nitrogens is 1. The number of aryl methyl sites for hydroxylation is 1. The van der Waals surface area contributed by atoms with E-state index < -0.39 is 0 Å². The molecule has 7 heteroatoms. The second kappa shape index (κ2) is 9.20. The zero-order valence-electron chi connectivity index (χ0n) is 17.5. The third-order valence-corrected chi connectivity index (χ3v) is 6.98. The van der Waals surface area contributed by atoms with Crippen molar-refractivity contribution in [1.82, 2.24) is 9.88 Å². The van der Waals surface area contributed by atoms with Gasteiger partial charge in [0.05, 0.1) is 11.2 Å². The number of benzene rings is 2. The average Bonchev–Trinajstić information content (AvgIpc) is 3.25. The first-order valence-electron chi connectivity index (χ1n) is 10.4. The third-order valence-electron chi connectivity index (χ3n) is 5.62. The maximum Gasteiger partial charge on any atom is 0.267 e. The largest absolute Gasteiger partial charge is 0.336 e. The smallest absolute Gasteiger partial charge is 0.267 e. The molecule has 2 aromatic carbocycles. The fourth-order valence-electron chi connectivity index (χ4n) is 3.82.